The highest BCUT2D eigenvalue weighted by molar-refractivity contribution is 5.99. The van der Waals surface area contributed by atoms with Gasteiger partial charge >= 0.3 is 0 Å². The molecule has 0 N–H and O–H groups in total. The maximum absolute atomic E-state index is 11.7. The normalized spacial score (nSPS) is 15.6. The van der Waals surface area contributed by atoms with Gasteiger partial charge in [-0.1, -0.05) is 11.3 Å². The lowest BCUT2D eigenvalue weighted by Crippen LogP contribution is -2.09. The monoisotopic (exact) mass is 245 g/mol. The Morgan fingerprint density at radius 3 is 2.50 bits per heavy atom. The van der Waals surface area contributed by atoms with Crippen LogP contribution in [-0.4, -0.2) is 23.9 Å². The summed E-state index contributed by atoms with van der Waals surface area (Å²) in [5.41, 5.74) is 3.46. The molecule has 96 valence electrons. The number of carbonyl (C=O) groups excluding carboxylic acids is 1. The first kappa shape index (κ1) is 12.7. The van der Waals surface area contributed by atoms with E-state index in [1.165, 1.54) is 12.8 Å². The number of benzene rings is 1. The van der Waals surface area contributed by atoms with Gasteiger partial charge in [-0.15, -0.1) is 5.11 Å². The Kier molecular flexibility index (Phi) is 3.75. The van der Waals surface area contributed by atoms with E-state index < -0.39 is 0 Å². The lowest BCUT2D eigenvalue weighted by molar-refractivity contribution is 0.101. The Balaban J connectivity index is 2.33. The summed E-state index contributed by atoms with van der Waals surface area (Å²) in [6.07, 6.45) is 2.34. The summed E-state index contributed by atoms with van der Waals surface area (Å²) in [5, 5.41) is 10.5. The van der Waals surface area contributed by atoms with Gasteiger partial charge in [-0.05, 0) is 50.8 Å². The average molecular weight is 245 g/mol. The van der Waals surface area contributed by atoms with Crippen LogP contribution in [0.4, 0.5) is 5.69 Å². The number of aryl methyl sites for hydroxylation is 2. The van der Waals surface area contributed by atoms with Gasteiger partial charge in [0.15, 0.2) is 5.78 Å². The molecule has 0 spiro atoms. The molecule has 0 aliphatic carbocycles. The summed E-state index contributed by atoms with van der Waals surface area (Å²) in [4.78, 5) is 11.7. The lowest BCUT2D eigenvalue weighted by atomic mass is 10.0. The molecule has 4 heteroatoms. The average Bonchev–Trinajstić information content (AvgIpc) is 2.79. The van der Waals surface area contributed by atoms with Gasteiger partial charge in [0, 0.05) is 18.7 Å². The fourth-order valence-electron chi connectivity index (χ4n) is 2.26. The molecule has 2 rings (SSSR count). The molecule has 0 unspecified atom stereocenters. The van der Waals surface area contributed by atoms with E-state index >= 15 is 0 Å². The van der Waals surface area contributed by atoms with Crippen LogP contribution in [-0.2, 0) is 0 Å². The molecule has 1 aliphatic heterocycles. The van der Waals surface area contributed by atoms with Crippen molar-refractivity contribution in [1.29, 1.82) is 0 Å². The van der Waals surface area contributed by atoms with Crippen LogP contribution in [0, 0.1) is 13.8 Å². The molecule has 0 saturated carbocycles. The minimum atomic E-state index is 0.0390. The summed E-state index contributed by atoms with van der Waals surface area (Å²) in [5.74, 6) is 0.0390. The van der Waals surface area contributed by atoms with Crippen molar-refractivity contribution in [3.8, 4) is 0 Å². The zero-order valence-corrected chi connectivity index (χ0v) is 11.2. The Hall–Kier alpha value is -1.71. The zero-order valence-electron chi connectivity index (χ0n) is 11.2. The molecule has 0 radical (unpaired) electrons. The smallest absolute Gasteiger partial charge is 0.162 e. The Morgan fingerprint density at radius 1 is 1.22 bits per heavy atom. The van der Waals surface area contributed by atoms with Crippen LogP contribution in [0.15, 0.2) is 22.5 Å². The molecular formula is C14H19N3O. The summed E-state index contributed by atoms with van der Waals surface area (Å²) < 4.78 is 0. The number of hydrogen-bond acceptors (Lipinski definition) is 3. The van der Waals surface area contributed by atoms with Crippen molar-refractivity contribution in [2.75, 3.05) is 13.1 Å². The zero-order chi connectivity index (χ0) is 13.1. The van der Waals surface area contributed by atoms with Crippen molar-refractivity contribution in [1.82, 2.24) is 5.01 Å². The van der Waals surface area contributed by atoms with Crippen molar-refractivity contribution in [3.05, 3.63) is 28.8 Å². The first-order chi connectivity index (χ1) is 8.58. The van der Waals surface area contributed by atoms with Crippen LogP contribution in [0.3, 0.4) is 0 Å². The van der Waals surface area contributed by atoms with E-state index in [4.69, 9.17) is 0 Å². The molecule has 1 fully saturated rings. The standard InChI is InChI=1S/C14H19N3O/c1-10-8-11(2)14(13(9-10)12(3)18)15-16-17-6-4-5-7-17/h8-9H,4-7H2,1-3H3. The van der Waals surface area contributed by atoms with Crippen LogP contribution in [0.5, 0.6) is 0 Å². The highest BCUT2D eigenvalue weighted by atomic mass is 16.1. The first-order valence-corrected chi connectivity index (χ1v) is 6.36. The van der Waals surface area contributed by atoms with E-state index in [1.807, 2.05) is 31.0 Å². The minimum Gasteiger partial charge on any atom is -0.294 e. The molecule has 0 aromatic heterocycles. The Morgan fingerprint density at radius 2 is 1.89 bits per heavy atom. The van der Waals surface area contributed by atoms with Crippen LogP contribution < -0.4 is 0 Å². The van der Waals surface area contributed by atoms with Crippen molar-refractivity contribution in [3.63, 3.8) is 0 Å². The van der Waals surface area contributed by atoms with Crippen molar-refractivity contribution >= 4 is 11.5 Å². The molecule has 1 heterocycles. The molecule has 1 aromatic rings. The Labute approximate surface area is 108 Å². The summed E-state index contributed by atoms with van der Waals surface area (Å²) in [6.45, 7) is 7.45. The highest BCUT2D eigenvalue weighted by Crippen LogP contribution is 2.27. The second-order valence-corrected chi connectivity index (χ2v) is 4.88. The summed E-state index contributed by atoms with van der Waals surface area (Å²) >= 11 is 0. The SMILES string of the molecule is CC(=O)c1cc(C)cc(C)c1N=NN1CCCC1. The lowest BCUT2D eigenvalue weighted by Gasteiger charge is -2.10. The molecule has 1 aliphatic rings. The predicted molar refractivity (Wildman–Crippen MR) is 71.2 cm³/mol. The van der Waals surface area contributed by atoms with Gasteiger partial charge in [0.2, 0.25) is 0 Å². The highest BCUT2D eigenvalue weighted by Gasteiger charge is 2.12. The number of carbonyl (C=O) groups is 1. The minimum absolute atomic E-state index is 0.0390. The molecule has 0 bridgehead atoms. The summed E-state index contributed by atoms with van der Waals surface area (Å²) in [7, 11) is 0. The fourth-order valence-corrected chi connectivity index (χ4v) is 2.26. The van der Waals surface area contributed by atoms with Crippen LogP contribution in [0.1, 0.15) is 41.3 Å². The van der Waals surface area contributed by atoms with E-state index in [0.29, 0.717) is 11.3 Å². The topological polar surface area (TPSA) is 45.0 Å². The molecule has 0 amide bonds. The van der Waals surface area contributed by atoms with Gasteiger partial charge < -0.3 is 0 Å². The van der Waals surface area contributed by atoms with Gasteiger partial charge in [0.05, 0.1) is 0 Å². The number of Topliss-reactive ketones (excluding diaryl/α,β-unsaturated/α-hetero) is 1. The largest absolute Gasteiger partial charge is 0.294 e. The van der Waals surface area contributed by atoms with Gasteiger partial charge in [-0.25, -0.2) is 0 Å². The fraction of sp³-hybridized carbons (Fsp3) is 0.500. The quantitative estimate of drug-likeness (QED) is 0.603. The number of nitrogens with zero attached hydrogens (tertiary/aromatic N) is 3. The molecule has 1 saturated heterocycles. The number of rotatable bonds is 3. The molecule has 4 nitrogen and oxygen atoms in total. The second kappa shape index (κ2) is 5.29. The van der Waals surface area contributed by atoms with Crippen LogP contribution in [0.25, 0.3) is 0 Å². The van der Waals surface area contributed by atoms with Gasteiger partial charge in [0.25, 0.3) is 0 Å². The van der Waals surface area contributed by atoms with E-state index in [2.05, 4.69) is 10.3 Å². The maximum Gasteiger partial charge on any atom is 0.162 e. The van der Waals surface area contributed by atoms with Crippen molar-refractivity contribution in [2.45, 2.75) is 33.6 Å². The van der Waals surface area contributed by atoms with Gasteiger partial charge in [0.1, 0.15) is 5.69 Å². The molecule has 0 atom stereocenters. The maximum atomic E-state index is 11.7. The predicted octanol–water partition coefficient (Wildman–Crippen LogP) is 3.60. The third-order valence-electron chi connectivity index (χ3n) is 3.18. The van der Waals surface area contributed by atoms with Crippen LogP contribution >= 0.6 is 0 Å². The molecule has 1 aromatic carbocycles. The molecular weight excluding hydrogens is 226 g/mol. The Bertz CT molecular complexity index is 488. The van der Waals surface area contributed by atoms with Crippen LogP contribution in [0.2, 0.25) is 0 Å². The van der Waals surface area contributed by atoms with Gasteiger partial charge in [-0.2, -0.15) is 0 Å². The van der Waals surface area contributed by atoms with E-state index in [9.17, 15) is 4.79 Å². The number of ketones is 1. The van der Waals surface area contributed by atoms with Gasteiger partial charge in [-0.3, -0.25) is 9.80 Å². The number of hydrogen-bond donors (Lipinski definition) is 0. The first-order valence-electron chi connectivity index (χ1n) is 6.36. The van der Waals surface area contributed by atoms with E-state index in [1.54, 1.807) is 6.92 Å². The molecule has 18 heavy (non-hydrogen) atoms. The van der Waals surface area contributed by atoms with Crippen molar-refractivity contribution in [2.24, 2.45) is 10.3 Å². The third-order valence-corrected chi connectivity index (χ3v) is 3.18. The third kappa shape index (κ3) is 2.75. The van der Waals surface area contributed by atoms with E-state index in [-0.39, 0.29) is 5.78 Å². The van der Waals surface area contributed by atoms with E-state index in [0.717, 1.165) is 24.2 Å². The second-order valence-electron chi connectivity index (χ2n) is 4.88. The van der Waals surface area contributed by atoms with Crippen molar-refractivity contribution < 1.29 is 4.79 Å². The summed E-state index contributed by atoms with van der Waals surface area (Å²) in [6, 6.07) is 3.92.